The van der Waals surface area contributed by atoms with Crippen molar-refractivity contribution in [2.45, 2.75) is 122 Å². The topological polar surface area (TPSA) is 62.4 Å². The van der Waals surface area contributed by atoms with E-state index in [0.29, 0.717) is 6.04 Å². The van der Waals surface area contributed by atoms with Gasteiger partial charge in [-0.25, -0.2) is 4.79 Å². The third-order valence-corrected chi connectivity index (χ3v) is 5.39. The van der Waals surface area contributed by atoms with E-state index in [9.17, 15) is 4.79 Å². The molecule has 0 aromatic heterocycles. The average molecular weight is 380 g/mol. The van der Waals surface area contributed by atoms with Crippen molar-refractivity contribution in [2.75, 3.05) is 0 Å². The molecule has 0 saturated carbocycles. The second-order valence-electron chi connectivity index (χ2n) is 11.3. The predicted octanol–water partition coefficient (Wildman–Crippen LogP) is 3.64. The fourth-order valence-corrected chi connectivity index (χ4v) is 5.48. The van der Waals surface area contributed by atoms with Crippen molar-refractivity contribution in [3.8, 4) is 0 Å². The van der Waals surface area contributed by atoms with E-state index in [2.05, 4.69) is 71.3 Å². The molecule has 2 saturated heterocycles. The standard InChI is InChI=1S/C22H41N3O2/c1-15(23-16-11-19(2,3)24-20(4,5)12-16)10-18(26)27-17-13-21(6,7)25-22(8,9)14-17/h10,16-17,23-25H,11-14H2,1-9H3/b15-10+. The molecule has 0 aliphatic carbocycles. The van der Waals surface area contributed by atoms with Crippen LogP contribution < -0.4 is 16.0 Å². The lowest BCUT2D eigenvalue weighted by Gasteiger charge is -2.47. The second-order valence-corrected chi connectivity index (χ2v) is 11.3. The van der Waals surface area contributed by atoms with Gasteiger partial charge in [0.05, 0.1) is 0 Å². The Hall–Kier alpha value is -1.07. The van der Waals surface area contributed by atoms with E-state index in [1.807, 2.05) is 6.92 Å². The van der Waals surface area contributed by atoms with E-state index < -0.39 is 0 Å². The van der Waals surface area contributed by atoms with Crippen LogP contribution >= 0.6 is 0 Å². The van der Waals surface area contributed by atoms with Crippen LogP contribution in [-0.4, -0.2) is 40.3 Å². The SMILES string of the molecule is C/C(=C\C(=O)OC1CC(C)(C)NC(C)(C)C1)NC1CC(C)(C)NC(C)(C)C1. The molecule has 0 amide bonds. The molecule has 0 unspecified atom stereocenters. The monoisotopic (exact) mass is 379 g/mol. The van der Waals surface area contributed by atoms with Gasteiger partial charge in [0.15, 0.2) is 0 Å². The van der Waals surface area contributed by atoms with Crippen LogP contribution in [0.2, 0.25) is 0 Å². The minimum absolute atomic E-state index is 0.0318. The van der Waals surface area contributed by atoms with E-state index in [0.717, 1.165) is 31.4 Å². The summed E-state index contributed by atoms with van der Waals surface area (Å²) in [6.45, 7) is 19.5. The maximum atomic E-state index is 12.5. The maximum Gasteiger partial charge on any atom is 0.332 e. The number of hydrogen-bond donors (Lipinski definition) is 3. The van der Waals surface area contributed by atoms with E-state index in [4.69, 9.17) is 4.74 Å². The van der Waals surface area contributed by atoms with Crippen molar-refractivity contribution in [2.24, 2.45) is 0 Å². The number of hydrogen-bond acceptors (Lipinski definition) is 5. The number of allylic oxidation sites excluding steroid dienone is 1. The summed E-state index contributed by atoms with van der Waals surface area (Å²) in [4.78, 5) is 12.5. The number of carbonyl (C=O) groups is 1. The van der Waals surface area contributed by atoms with Crippen molar-refractivity contribution in [3.63, 3.8) is 0 Å². The lowest BCUT2D eigenvalue weighted by atomic mass is 9.79. The quantitative estimate of drug-likeness (QED) is 0.514. The van der Waals surface area contributed by atoms with Crippen LogP contribution in [0.5, 0.6) is 0 Å². The van der Waals surface area contributed by atoms with Crippen LogP contribution in [0, 0.1) is 0 Å². The van der Waals surface area contributed by atoms with E-state index in [-0.39, 0.29) is 34.2 Å². The average Bonchev–Trinajstić information content (AvgIpc) is 2.28. The van der Waals surface area contributed by atoms with Crippen molar-refractivity contribution < 1.29 is 9.53 Å². The number of ether oxygens (including phenoxy) is 1. The minimum Gasteiger partial charge on any atom is -0.459 e. The summed E-state index contributed by atoms with van der Waals surface area (Å²) in [5.41, 5.74) is 0.969. The molecule has 27 heavy (non-hydrogen) atoms. The summed E-state index contributed by atoms with van der Waals surface area (Å²) < 4.78 is 5.80. The van der Waals surface area contributed by atoms with Gasteiger partial charge in [0, 0.05) is 52.8 Å². The zero-order valence-electron chi connectivity index (χ0n) is 18.9. The van der Waals surface area contributed by atoms with Gasteiger partial charge in [-0.15, -0.1) is 0 Å². The summed E-state index contributed by atoms with van der Waals surface area (Å²) in [5.74, 6) is -0.244. The lowest BCUT2D eigenvalue weighted by molar-refractivity contribution is -0.147. The third-order valence-electron chi connectivity index (χ3n) is 5.39. The molecule has 0 spiro atoms. The van der Waals surface area contributed by atoms with Gasteiger partial charge in [0.1, 0.15) is 6.10 Å². The van der Waals surface area contributed by atoms with Crippen LogP contribution in [0.4, 0.5) is 0 Å². The summed E-state index contributed by atoms with van der Waals surface area (Å²) in [5, 5.41) is 10.8. The molecule has 2 aliphatic heterocycles. The third kappa shape index (κ3) is 7.11. The molecule has 3 N–H and O–H groups in total. The van der Waals surface area contributed by atoms with E-state index in [1.54, 1.807) is 6.08 Å². The molecule has 5 nitrogen and oxygen atoms in total. The molecular weight excluding hydrogens is 338 g/mol. The largest absolute Gasteiger partial charge is 0.459 e. The highest BCUT2D eigenvalue weighted by molar-refractivity contribution is 5.82. The Morgan fingerprint density at radius 1 is 0.852 bits per heavy atom. The molecule has 2 heterocycles. The number of esters is 1. The highest BCUT2D eigenvalue weighted by atomic mass is 16.5. The normalized spacial score (nSPS) is 27.8. The molecular formula is C22H41N3O2. The molecule has 2 aliphatic rings. The van der Waals surface area contributed by atoms with Crippen LogP contribution in [0.3, 0.4) is 0 Å². The van der Waals surface area contributed by atoms with Gasteiger partial charge in [0.2, 0.25) is 0 Å². The number of rotatable bonds is 4. The van der Waals surface area contributed by atoms with Gasteiger partial charge in [-0.1, -0.05) is 0 Å². The Balaban J connectivity index is 1.94. The molecule has 0 atom stereocenters. The molecule has 2 rings (SSSR count). The minimum atomic E-state index is -0.244. The Morgan fingerprint density at radius 2 is 1.26 bits per heavy atom. The smallest absolute Gasteiger partial charge is 0.332 e. The van der Waals surface area contributed by atoms with Crippen LogP contribution in [0.25, 0.3) is 0 Å². The fourth-order valence-electron chi connectivity index (χ4n) is 5.48. The first-order chi connectivity index (χ1) is 12.1. The second kappa shape index (κ2) is 7.40. The molecule has 0 radical (unpaired) electrons. The molecule has 0 bridgehead atoms. The maximum absolute atomic E-state index is 12.5. The summed E-state index contributed by atoms with van der Waals surface area (Å²) in [7, 11) is 0. The lowest BCUT2D eigenvalue weighted by Crippen LogP contribution is -2.61. The van der Waals surface area contributed by atoms with Crippen molar-refractivity contribution in [1.29, 1.82) is 0 Å². The molecule has 156 valence electrons. The van der Waals surface area contributed by atoms with Gasteiger partial charge in [-0.3, -0.25) is 0 Å². The van der Waals surface area contributed by atoms with E-state index in [1.165, 1.54) is 0 Å². The van der Waals surface area contributed by atoms with Gasteiger partial charge in [0.25, 0.3) is 0 Å². The Morgan fingerprint density at radius 3 is 1.70 bits per heavy atom. The predicted molar refractivity (Wildman–Crippen MR) is 112 cm³/mol. The van der Waals surface area contributed by atoms with Gasteiger partial charge in [-0.2, -0.15) is 0 Å². The molecule has 2 fully saturated rings. The Labute approximate surface area is 166 Å². The van der Waals surface area contributed by atoms with Crippen LogP contribution in [0.1, 0.15) is 88.0 Å². The highest BCUT2D eigenvalue weighted by Crippen LogP contribution is 2.31. The molecule has 0 aromatic carbocycles. The first-order valence-electron chi connectivity index (χ1n) is 10.3. The Bertz CT molecular complexity index is 558. The van der Waals surface area contributed by atoms with E-state index >= 15 is 0 Å². The van der Waals surface area contributed by atoms with Crippen LogP contribution in [0.15, 0.2) is 11.8 Å². The van der Waals surface area contributed by atoms with Crippen LogP contribution in [-0.2, 0) is 9.53 Å². The highest BCUT2D eigenvalue weighted by Gasteiger charge is 2.39. The van der Waals surface area contributed by atoms with Crippen molar-refractivity contribution in [1.82, 2.24) is 16.0 Å². The van der Waals surface area contributed by atoms with Crippen molar-refractivity contribution >= 4 is 5.97 Å². The fraction of sp³-hybridized carbons (Fsp3) is 0.864. The number of nitrogens with one attached hydrogen (secondary N) is 3. The molecule has 0 aromatic rings. The number of piperidine rings is 2. The Kier molecular flexibility index (Phi) is 6.09. The zero-order valence-corrected chi connectivity index (χ0v) is 18.9. The van der Waals surface area contributed by atoms with Crippen molar-refractivity contribution in [3.05, 3.63) is 11.8 Å². The van der Waals surface area contributed by atoms with Gasteiger partial charge < -0.3 is 20.7 Å². The van der Waals surface area contributed by atoms with Gasteiger partial charge in [-0.05, 0) is 75.2 Å². The molecule has 5 heteroatoms. The zero-order chi connectivity index (χ0) is 20.7. The summed E-state index contributed by atoms with van der Waals surface area (Å²) in [6.07, 6.45) is 5.27. The number of carbonyl (C=O) groups excluding carboxylic acids is 1. The van der Waals surface area contributed by atoms with Gasteiger partial charge >= 0.3 is 5.97 Å². The first-order valence-corrected chi connectivity index (χ1v) is 10.3. The summed E-state index contributed by atoms with van der Waals surface area (Å²) >= 11 is 0. The first kappa shape index (κ1) is 22.2. The summed E-state index contributed by atoms with van der Waals surface area (Å²) in [6, 6.07) is 0.344.